The van der Waals surface area contributed by atoms with Gasteiger partial charge in [0.2, 0.25) is 0 Å². The van der Waals surface area contributed by atoms with Crippen molar-refractivity contribution in [2.45, 2.75) is 56.4 Å². The van der Waals surface area contributed by atoms with E-state index in [1.54, 1.807) is 37.1 Å². The molecule has 168 valence electrons. The average molecular weight is 439 g/mol. The third-order valence-electron chi connectivity index (χ3n) is 5.55. The van der Waals surface area contributed by atoms with Crippen molar-refractivity contribution in [3.05, 3.63) is 24.0 Å². The van der Waals surface area contributed by atoms with E-state index < -0.39 is 5.60 Å². The Morgan fingerprint density at radius 2 is 2.10 bits per heavy atom. The van der Waals surface area contributed by atoms with Crippen molar-refractivity contribution in [1.82, 2.24) is 9.88 Å². The predicted octanol–water partition coefficient (Wildman–Crippen LogP) is 3.12. The summed E-state index contributed by atoms with van der Waals surface area (Å²) in [4.78, 5) is 19.4. The minimum Gasteiger partial charge on any atom is -0.493 e. The summed E-state index contributed by atoms with van der Waals surface area (Å²) in [5.74, 6) is 2.29. The summed E-state index contributed by atoms with van der Waals surface area (Å²) < 4.78 is 22.4. The standard InChI is InChI=1S/C22H34N2O5S/c1-16(2)30-13-20-22(29-15-27-4,21(25)24(20)14-26-3)12-18-11-19(7-9-23-18)28-10-8-17-5-6-17/h7,9,11,16-17,20H,5-6,8,10,12-15H2,1-4H3/t20-,22+/m0/s1. The van der Waals surface area contributed by atoms with Crippen molar-refractivity contribution in [3.8, 4) is 5.75 Å². The number of methoxy groups -OCH3 is 2. The molecule has 0 spiro atoms. The van der Waals surface area contributed by atoms with Gasteiger partial charge in [-0.25, -0.2) is 0 Å². The van der Waals surface area contributed by atoms with E-state index in [2.05, 4.69) is 18.8 Å². The number of thioether (sulfide) groups is 1. The molecule has 1 aromatic heterocycles. The number of aromatic nitrogens is 1. The molecule has 1 saturated heterocycles. The van der Waals surface area contributed by atoms with E-state index in [1.165, 1.54) is 12.8 Å². The summed E-state index contributed by atoms with van der Waals surface area (Å²) >= 11 is 1.80. The van der Waals surface area contributed by atoms with Gasteiger partial charge in [-0.1, -0.05) is 26.7 Å². The Morgan fingerprint density at radius 1 is 1.30 bits per heavy atom. The van der Waals surface area contributed by atoms with Crippen LogP contribution < -0.4 is 4.74 Å². The largest absolute Gasteiger partial charge is 0.493 e. The highest BCUT2D eigenvalue weighted by Crippen LogP contribution is 2.40. The first-order chi connectivity index (χ1) is 14.5. The van der Waals surface area contributed by atoms with E-state index in [4.69, 9.17) is 18.9 Å². The molecule has 1 aliphatic carbocycles. The number of pyridine rings is 1. The summed E-state index contributed by atoms with van der Waals surface area (Å²) in [6.45, 7) is 5.31. The van der Waals surface area contributed by atoms with Crippen LogP contribution in [0.1, 0.15) is 38.8 Å². The van der Waals surface area contributed by atoms with Crippen molar-refractivity contribution in [2.75, 3.05) is 40.1 Å². The molecule has 8 heteroatoms. The van der Waals surface area contributed by atoms with Crippen LogP contribution in [0.3, 0.4) is 0 Å². The van der Waals surface area contributed by atoms with Gasteiger partial charge in [-0.3, -0.25) is 9.78 Å². The van der Waals surface area contributed by atoms with Crippen LogP contribution in [0.5, 0.6) is 5.75 Å². The smallest absolute Gasteiger partial charge is 0.259 e. The number of nitrogens with zero attached hydrogens (tertiary/aromatic N) is 2. The maximum atomic E-state index is 13.2. The molecule has 2 atom stereocenters. The Hall–Kier alpha value is -1.35. The SMILES string of the molecule is COCO[C@@]1(Cc2cc(OCCC3CC3)ccn2)C(=O)N(COC)[C@H]1CSC(C)C. The van der Waals surface area contributed by atoms with Crippen LogP contribution in [-0.2, 0) is 25.4 Å². The molecule has 0 aromatic carbocycles. The summed E-state index contributed by atoms with van der Waals surface area (Å²) in [5, 5.41) is 0.451. The van der Waals surface area contributed by atoms with Gasteiger partial charge in [-0.2, -0.15) is 11.8 Å². The van der Waals surface area contributed by atoms with Crippen molar-refractivity contribution in [3.63, 3.8) is 0 Å². The second kappa shape index (κ2) is 10.8. The minimum atomic E-state index is -1.00. The van der Waals surface area contributed by atoms with Crippen molar-refractivity contribution < 1.29 is 23.7 Å². The molecule has 7 nitrogen and oxygen atoms in total. The molecule has 2 fully saturated rings. The Balaban J connectivity index is 1.75. The first-order valence-electron chi connectivity index (χ1n) is 10.6. The quantitative estimate of drug-likeness (QED) is 0.326. The van der Waals surface area contributed by atoms with Gasteiger partial charge in [0.05, 0.1) is 12.6 Å². The van der Waals surface area contributed by atoms with E-state index in [0.29, 0.717) is 18.3 Å². The number of ether oxygens (including phenoxy) is 4. The number of amides is 1. The van der Waals surface area contributed by atoms with Crippen LogP contribution in [0.4, 0.5) is 0 Å². The van der Waals surface area contributed by atoms with E-state index in [0.717, 1.165) is 29.5 Å². The third kappa shape index (κ3) is 5.66. The monoisotopic (exact) mass is 438 g/mol. The molecular formula is C22H34N2O5S. The average Bonchev–Trinajstić information content (AvgIpc) is 3.55. The van der Waals surface area contributed by atoms with Crippen LogP contribution in [-0.4, -0.2) is 72.8 Å². The first-order valence-corrected chi connectivity index (χ1v) is 11.7. The third-order valence-corrected chi connectivity index (χ3v) is 6.73. The number of hydrogen-bond acceptors (Lipinski definition) is 7. The number of likely N-dealkylation sites (tertiary alicyclic amines) is 1. The van der Waals surface area contributed by atoms with E-state index in [-0.39, 0.29) is 25.5 Å². The predicted molar refractivity (Wildman–Crippen MR) is 117 cm³/mol. The lowest BCUT2D eigenvalue weighted by Gasteiger charge is -2.54. The molecule has 0 unspecified atom stereocenters. The summed E-state index contributed by atoms with van der Waals surface area (Å²) in [7, 11) is 3.16. The normalized spacial score (nSPS) is 23.7. The zero-order valence-corrected chi connectivity index (χ0v) is 19.3. The lowest BCUT2D eigenvalue weighted by molar-refractivity contribution is -0.229. The van der Waals surface area contributed by atoms with Gasteiger partial charge in [-0.05, 0) is 23.7 Å². The molecule has 0 radical (unpaired) electrons. The fraction of sp³-hybridized carbons (Fsp3) is 0.727. The molecular weight excluding hydrogens is 404 g/mol. The van der Waals surface area contributed by atoms with Gasteiger partial charge in [-0.15, -0.1) is 0 Å². The lowest BCUT2D eigenvalue weighted by Crippen LogP contribution is -2.77. The van der Waals surface area contributed by atoms with Gasteiger partial charge in [0.15, 0.2) is 5.60 Å². The highest BCUT2D eigenvalue weighted by Gasteiger charge is 2.62. The fourth-order valence-corrected chi connectivity index (χ4v) is 4.75. The number of carbonyl (C=O) groups is 1. The Kier molecular flexibility index (Phi) is 8.39. The maximum Gasteiger partial charge on any atom is 0.259 e. The molecule has 1 aromatic rings. The van der Waals surface area contributed by atoms with Crippen LogP contribution in [0.15, 0.2) is 18.3 Å². The lowest BCUT2D eigenvalue weighted by atomic mass is 9.79. The number of rotatable bonds is 14. The molecule has 3 rings (SSSR count). The Morgan fingerprint density at radius 3 is 2.77 bits per heavy atom. The molecule has 1 saturated carbocycles. The molecule has 1 aliphatic heterocycles. The van der Waals surface area contributed by atoms with Crippen LogP contribution in [0.2, 0.25) is 0 Å². The van der Waals surface area contributed by atoms with Crippen molar-refractivity contribution >= 4 is 17.7 Å². The van der Waals surface area contributed by atoms with Crippen LogP contribution >= 0.6 is 11.8 Å². The zero-order chi connectivity index (χ0) is 21.6. The topological polar surface area (TPSA) is 70.1 Å². The Bertz CT molecular complexity index is 700. The molecule has 0 bridgehead atoms. The second-order valence-corrected chi connectivity index (χ2v) is 9.88. The van der Waals surface area contributed by atoms with Gasteiger partial charge in [0.25, 0.3) is 5.91 Å². The van der Waals surface area contributed by atoms with Gasteiger partial charge in [0.1, 0.15) is 19.3 Å². The van der Waals surface area contributed by atoms with Crippen molar-refractivity contribution in [2.24, 2.45) is 5.92 Å². The molecule has 2 heterocycles. The molecule has 1 amide bonds. The van der Waals surface area contributed by atoms with Crippen LogP contribution in [0, 0.1) is 5.92 Å². The number of β-lactam (4-membered cyclic amide) rings is 1. The van der Waals surface area contributed by atoms with E-state index in [9.17, 15) is 4.79 Å². The summed E-state index contributed by atoms with van der Waals surface area (Å²) in [6.07, 6.45) is 5.84. The minimum absolute atomic E-state index is 0.0486. The van der Waals surface area contributed by atoms with E-state index in [1.807, 2.05) is 12.1 Å². The van der Waals surface area contributed by atoms with Crippen molar-refractivity contribution in [1.29, 1.82) is 0 Å². The fourth-order valence-electron chi connectivity index (χ4n) is 3.74. The van der Waals surface area contributed by atoms with Gasteiger partial charge < -0.3 is 23.8 Å². The second-order valence-electron chi connectivity index (χ2n) is 8.27. The molecule has 30 heavy (non-hydrogen) atoms. The Labute approximate surface area is 183 Å². The molecule has 0 N–H and O–H groups in total. The van der Waals surface area contributed by atoms with Gasteiger partial charge >= 0.3 is 0 Å². The summed E-state index contributed by atoms with van der Waals surface area (Å²) in [6, 6.07) is 3.67. The van der Waals surface area contributed by atoms with Crippen LogP contribution in [0.25, 0.3) is 0 Å². The highest BCUT2D eigenvalue weighted by atomic mass is 32.2. The number of carbonyl (C=O) groups excluding carboxylic acids is 1. The highest BCUT2D eigenvalue weighted by molar-refractivity contribution is 7.99. The first kappa shape index (κ1) is 23.3. The zero-order valence-electron chi connectivity index (χ0n) is 18.5. The molecule has 2 aliphatic rings. The van der Waals surface area contributed by atoms with E-state index >= 15 is 0 Å². The summed E-state index contributed by atoms with van der Waals surface area (Å²) in [5.41, 5.74) is -0.226. The van der Waals surface area contributed by atoms with Gasteiger partial charge in [0, 0.05) is 44.4 Å². The number of hydrogen-bond donors (Lipinski definition) is 0. The maximum absolute atomic E-state index is 13.2.